The van der Waals surface area contributed by atoms with E-state index in [1.54, 1.807) is 6.08 Å². The number of nitrogens with one attached hydrogen (secondary N) is 1. The third-order valence-corrected chi connectivity index (χ3v) is 13.4. The first-order valence-corrected chi connectivity index (χ1v) is 29.3. The number of hydrogen-bond acceptors (Lipinski definition) is 10. The smallest absolute Gasteiger partial charge is 0.306 e. The molecule has 11 nitrogen and oxygen atoms in total. The molecule has 1 aliphatic rings. The van der Waals surface area contributed by atoms with Crippen LogP contribution in [0.3, 0.4) is 0 Å². The van der Waals surface area contributed by atoms with Gasteiger partial charge in [-0.3, -0.25) is 9.59 Å². The first-order valence-electron chi connectivity index (χ1n) is 29.3. The topological polar surface area (TPSA) is 175 Å². The van der Waals surface area contributed by atoms with E-state index in [2.05, 4.69) is 50.4 Å². The molecular weight excluding hydrogens is 907 g/mol. The number of carbonyl (C=O) groups is 2. The van der Waals surface area contributed by atoms with Crippen LogP contribution in [-0.4, -0.2) is 99.6 Å². The van der Waals surface area contributed by atoms with Crippen molar-refractivity contribution in [2.24, 2.45) is 0 Å². The van der Waals surface area contributed by atoms with Gasteiger partial charge in [0.1, 0.15) is 24.4 Å². The van der Waals surface area contributed by atoms with E-state index >= 15 is 0 Å². The summed E-state index contributed by atoms with van der Waals surface area (Å²) < 4.78 is 17.5. The molecule has 72 heavy (non-hydrogen) atoms. The van der Waals surface area contributed by atoms with Gasteiger partial charge in [0.05, 0.1) is 25.4 Å². The van der Waals surface area contributed by atoms with Crippen LogP contribution in [0, 0.1) is 0 Å². The van der Waals surface area contributed by atoms with Crippen molar-refractivity contribution in [3.05, 3.63) is 72.9 Å². The monoisotopic (exact) mass is 1010 g/mol. The maximum absolute atomic E-state index is 13.4. The minimum atomic E-state index is -1.63. The highest BCUT2D eigenvalue weighted by molar-refractivity contribution is 5.80. The van der Waals surface area contributed by atoms with Crippen LogP contribution >= 0.6 is 0 Å². The molecule has 0 saturated carbocycles. The fourth-order valence-electron chi connectivity index (χ4n) is 8.77. The minimum Gasteiger partial charge on any atom is -0.454 e. The van der Waals surface area contributed by atoms with Gasteiger partial charge in [-0.25, -0.2) is 0 Å². The van der Waals surface area contributed by atoms with E-state index in [0.717, 1.165) is 70.6 Å². The van der Waals surface area contributed by atoms with Crippen LogP contribution in [0.5, 0.6) is 0 Å². The molecule has 1 amide bonds. The maximum atomic E-state index is 13.4. The Morgan fingerprint density at radius 1 is 0.556 bits per heavy atom. The van der Waals surface area contributed by atoms with Crippen LogP contribution in [0.1, 0.15) is 239 Å². The van der Waals surface area contributed by atoms with Crippen molar-refractivity contribution in [2.45, 2.75) is 288 Å². The van der Waals surface area contributed by atoms with E-state index in [1.165, 1.54) is 122 Å². The molecule has 6 N–H and O–H groups in total. The summed E-state index contributed by atoms with van der Waals surface area (Å²) >= 11 is 0. The van der Waals surface area contributed by atoms with Crippen LogP contribution in [0.4, 0.5) is 0 Å². The number of hydrogen-bond donors (Lipinski definition) is 6. The van der Waals surface area contributed by atoms with Gasteiger partial charge in [-0.05, 0) is 70.6 Å². The lowest BCUT2D eigenvalue weighted by Crippen LogP contribution is -2.61. The summed E-state index contributed by atoms with van der Waals surface area (Å²) in [5, 5.41) is 56.8. The minimum absolute atomic E-state index is 0.0752. The Balaban J connectivity index is 2.73. The Kier molecular flexibility index (Phi) is 45.7. The number of aliphatic hydroxyl groups excluding tert-OH is 5. The highest BCUT2D eigenvalue weighted by Gasteiger charge is 2.47. The van der Waals surface area contributed by atoms with E-state index in [4.69, 9.17) is 14.2 Å². The van der Waals surface area contributed by atoms with E-state index in [0.29, 0.717) is 12.8 Å². The Hall–Kier alpha value is -2.90. The molecule has 416 valence electrons. The molecule has 0 radical (unpaired) electrons. The summed E-state index contributed by atoms with van der Waals surface area (Å²) in [5.74, 6) is -1.24. The van der Waals surface area contributed by atoms with Gasteiger partial charge in [0, 0.05) is 6.42 Å². The third-order valence-electron chi connectivity index (χ3n) is 13.4. The van der Waals surface area contributed by atoms with Crippen LogP contribution < -0.4 is 5.32 Å². The zero-order chi connectivity index (χ0) is 52.5. The summed E-state index contributed by atoms with van der Waals surface area (Å²) in [4.78, 5) is 26.4. The molecule has 11 heteroatoms. The van der Waals surface area contributed by atoms with Crippen molar-refractivity contribution in [3.63, 3.8) is 0 Å². The fourth-order valence-corrected chi connectivity index (χ4v) is 8.77. The molecule has 1 rings (SSSR count). The van der Waals surface area contributed by atoms with Gasteiger partial charge in [-0.2, -0.15) is 0 Å². The van der Waals surface area contributed by atoms with Crippen LogP contribution in [0.2, 0.25) is 0 Å². The average Bonchev–Trinajstić information content (AvgIpc) is 3.38. The van der Waals surface area contributed by atoms with Crippen LogP contribution in [0.25, 0.3) is 0 Å². The summed E-state index contributed by atoms with van der Waals surface area (Å²) in [7, 11) is 0. The van der Waals surface area contributed by atoms with Gasteiger partial charge in [-0.1, -0.05) is 235 Å². The van der Waals surface area contributed by atoms with E-state index in [1.807, 2.05) is 42.5 Å². The highest BCUT2D eigenvalue weighted by atomic mass is 16.7. The Morgan fingerprint density at radius 3 is 1.54 bits per heavy atom. The Labute approximate surface area is 439 Å². The van der Waals surface area contributed by atoms with Crippen LogP contribution in [0.15, 0.2) is 72.9 Å². The summed E-state index contributed by atoms with van der Waals surface area (Å²) in [5.41, 5.74) is 0. The number of amides is 1. The molecule has 8 unspecified atom stereocenters. The molecule has 8 atom stereocenters. The fraction of sp³-hybridized carbons (Fsp3) is 0.770. The molecule has 1 saturated heterocycles. The zero-order valence-corrected chi connectivity index (χ0v) is 45.8. The van der Waals surface area contributed by atoms with Crippen molar-refractivity contribution < 1.29 is 49.3 Å². The number of unbranched alkanes of at least 4 members (excludes halogenated alkanes) is 27. The molecule has 1 aliphatic heterocycles. The van der Waals surface area contributed by atoms with Gasteiger partial charge in [0.15, 0.2) is 12.4 Å². The van der Waals surface area contributed by atoms with Crippen molar-refractivity contribution in [1.29, 1.82) is 0 Å². The number of esters is 1. The first-order chi connectivity index (χ1) is 35.2. The van der Waals surface area contributed by atoms with Gasteiger partial charge in [-0.15, -0.1) is 0 Å². The van der Waals surface area contributed by atoms with Crippen molar-refractivity contribution in [2.75, 3.05) is 13.2 Å². The number of rotatable bonds is 48. The molecule has 0 aromatic carbocycles. The predicted octanol–water partition coefficient (Wildman–Crippen LogP) is 13.2. The molecule has 0 spiro atoms. The van der Waals surface area contributed by atoms with Crippen molar-refractivity contribution in [3.8, 4) is 0 Å². The normalized spacial score (nSPS) is 20.0. The van der Waals surface area contributed by atoms with Gasteiger partial charge in [0.25, 0.3) is 0 Å². The summed E-state index contributed by atoms with van der Waals surface area (Å²) in [6, 6.07) is -1.03. The Bertz CT molecular complexity index is 1440. The molecule has 1 fully saturated rings. The highest BCUT2D eigenvalue weighted by Crippen LogP contribution is 2.26. The summed E-state index contributed by atoms with van der Waals surface area (Å²) in [6.07, 6.45) is 50.9. The SMILES string of the molecule is CC/C=C/C=C/C=C\C=C/CCCCCC(=O)OC1C(OCC(NC(=O)C(O)CCCCCCCCCC/C=C/CCCCCCCC)C(O)/C=C/CCCCCCCCCCCC)OC(CO)C(O)C1O. The second kappa shape index (κ2) is 49.0. The van der Waals surface area contributed by atoms with Gasteiger partial charge in [0.2, 0.25) is 5.91 Å². The standard InChI is InChI=1S/C61H107NO10/c1-4-7-10-13-16-19-22-25-26-27-28-29-31-33-36-39-42-45-48-54(65)60(69)62-52(53(64)47-44-41-38-35-32-24-21-18-15-12-9-6-3)51-70-61-59(58(68)57(67)55(50-63)71-61)72-56(66)49-46-43-40-37-34-30-23-20-17-14-11-8-5-2/h8,11,14,17,20,23,25-26,30,34,44,47,52-55,57-59,61,63-65,67-68H,4-7,9-10,12-13,15-16,18-19,21-22,24,27-29,31-33,35-43,45-46,48-51H2,1-3H3,(H,62,69)/b11-8+,17-14+,23-20-,26-25+,34-30-,47-44+. The maximum Gasteiger partial charge on any atom is 0.306 e. The lowest BCUT2D eigenvalue weighted by Gasteiger charge is -2.41. The third kappa shape index (κ3) is 36.9. The molecule has 0 aromatic rings. The van der Waals surface area contributed by atoms with Gasteiger partial charge < -0.3 is 45.1 Å². The van der Waals surface area contributed by atoms with Crippen molar-refractivity contribution in [1.82, 2.24) is 5.32 Å². The van der Waals surface area contributed by atoms with Crippen molar-refractivity contribution >= 4 is 11.9 Å². The number of aliphatic hydroxyl groups is 5. The van der Waals surface area contributed by atoms with E-state index in [9.17, 15) is 35.1 Å². The molecule has 0 aromatic heterocycles. The van der Waals surface area contributed by atoms with E-state index < -0.39 is 67.4 Å². The second-order valence-electron chi connectivity index (χ2n) is 20.1. The van der Waals surface area contributed by atoms with Gasteiger partial charge >= 0.3 is 5.97 Å². The molecule has 1 heterocycles. The molecular formula is C61H107NO10. The largest absolute Gasteiger partial charge is 0.454 e. The van der Waals surface area contributed by atoms with Crippen LogP contribution in [-0.2, 0) is 23.8 Å². The zero-order valence-electron chi connectivity index (χ0n) is 45.8. The second-order valence-corrected chi connectivity index (χ2v) is 20.1. The van der Waals surface area contributed by atoms with E-state index in [-0.39, 0.29) is 19.4 Å². The first kappa shape index (κ1) is 67.1. The predicted molar refractivity (Wildman–Crippen MR) is 296 cm³/mol. The lowest BCUT2D eigenvalue weighted by atomic mass is 9.99. The summed E-state index contributed by atoms with van der Waals surface area (Å²) in [6.45, 7) is 5.61. The quantitative estimate of drug-likeness (QED) is 0.0149. The average molecular weight is 1010 g/mol. The molecule has 0 bridgehead atoms. The lowest BCUT2D eigenvalue weighted by molar-refractivity contribution is -0.305. The number of allylic oxidation sites excluding steroid dienone is 11. The number of ether oxygens (including phenoxy) is 3. The molecule has 0 aliphatic carbocycles. The Morgan fingerprint density at radius 2 is 1.01 bits per heavy atom. The number of carbonyl (C=O) groups excluding carboxylic acids is 2.